The lowest BCUT2D eigenvalue weighted by Crippen LogP contribution is -2.45. The molecule has 1 N–H and O–H groups in total. The van der Waals surface area contributed by atoms with Crippen LogP contribution in [0.3, 0.4) is 0 Å². The molecule has 0 aliphatic carbocycles. The van der Waals surface area contributed by atoms with Gasteiger partial charge in [0.05, 0.1) is 29.6 Å². The molecule has 2 atom stereocenters. The Labute approximate surface area is 125 Å². The third-order valence-corrected chi connectivity index (χ3v) is 3.49. The zero-order valence-electron chi connectivity index (χ0n) is 12.2. The fourth-order valence-corrected chi connectivity index (χ4v) is 2.63. The highest BCUT2D eigenvalue weighted by Gasteiger charge is 2.21. The quantitative estimate of drug-likeness (QED) is 0.818. The number of halogens is 1. The van der Waals surface area contributed by atoms with Gasteiger partial charge in [-0.1, -0.05) is 11.6 Å². The molecule has 5 nitrogen and oxygen atoms in total. The van der Waals surface area contributed by atoms with Crippen LogP contribution in [0.5, 0.6) is 0 Å². The first-order valence-corrected chi connectivity index (χ1v) is 7.60. The Kier molecular flexibility index (Phi) is 6.01. The van der Waals surface area contributed by atoms with E-state index in [4.69, 9.17) is 16.3 Å². The van der Waals surface area contributed by atoms with E-state index in [-0.39, 0.29) is 0 Å². The summed E-state index contributed by atoms with van der Waals surface area (Å²) in [6, 6.07) is 0. The maximum absolute atomic E-state index is 5.74. The lowest BCUT2D eigenvalue weighted by molar-refractivity contribution is -0.0681. The average molecular weight is 299 g/mol. The summed E-state index contributed by atoms with van der Waals surface area (Å²) in [7, 11) is 0. The third-order valence-electron chi connectivity index (χ3n) is 3.30. The second kappa shape index (κ2) is 7.76. The largest absolute Gasteiger partial charge is 0.373 e. The Morgan fingerprint density at radius 1 is 1.25 bits per heavy atom. The molecule has 0 amide bonds. The zero-order valence-corrected chi connectivity index (χ0v) is 12.9. The molecule has 1 aliphatic heterocycles. The average Bonchev–Trinajstić information content (AvgIpc) is 2.39. The number of nitrogens with zero attached hydrogens (tertiary/aromatic N) is 3. The highest BCUT2D eigenvalue weighted by molar-refractivity contribution is 6.30. The van der Waals surface area contributed by atoms with Crippen LogP contribution in [-0.4, -0.2) is 53.3 Å². The third kappa shape index (κ3) is 5.23. The van der Waals surface area contributed by atoms with Gasteiger partial charge in [0.15, 0.2) is 0 Å². The number of unbranched alkanes of at least 4 members (excludes halogenated alkanes) is 1. The van der Waals surface area contributed by atoms with E-state index >= 15 is 0 Å². The molecule has 0 aromatic carbocycles. The minimum absolute atomic E-state index is 0.347. The minimum atomic E-state index is 0.347. The molecule has 0 radical (unpaired) electrons. The SMILES string of the molecule is C[C@@H]1CN(CCCCNc2ncc(Cl)cn2)C[C@@H](C)O1. The topological polar surface area (TPSA) is 50.3 Å². The molecule has 20 heavy (non-hydrogen) atoms. The Bertz CT molecular complexity index is 391. The van der Waals surface area contributed by atoms with E-state index in [9.17, 15) is 0 Å². The normalized spacial score (nSPS) is 23.8. The van der Waals surface area contributed by atoms with Crippen molar-refractivity contribution in [2.75, 3.05) is 31.5 Å². The number of anilines is 1. The summed E-state index contributed by atoms with van der Waals surface area (Å²) in [4.78, 5) is 10.7. The summed E-state index contributed by atoms with van der Waals surface area (Å²) < 4.78 is 5.73. The number of rotatable bonds is 6. The number of ether oxygens (including phenoxy) is 1. The van der Waals surface area contributed by atoms with E-state index in [1.807, 2.05) is 0 Å². The van der Waals surface area contributed by atoms with E-state index < -0.39 is 0 Å². The molecule has 1 aromatic heterocycles. The molecule has 0 unspecified atom stereocenters. The first-order valence-electron chi connectivity index (χ1n) is 7.22. The molecule has 0 saturated carbocycles. The Hall–Kier alpha value is -0.910. The van der Waals surface area contributed by atoms with Gasteiger partial charge in [-0.15, -0.1) is 0 Å². The van der Waals surface area contributed by atoms with Crippen molar-refractivity contribution in [1.29, 1.82) is 0 Å². The van der Waals surface area contributed by atoms with Crippen molar-refractivity contribution in [1.82, 2.24) is 14.9 Å². The van der Waals surface area contributed by atoms with Crippen LogP contribution >= 0.6 is 11.6 Å². The molecule has 2 rings (SSSR count). The van der Waals surface area contributed by atoms with Gasteiger partial charge in [0.2, 0.25) is 5.95 Å². The Morgan fingerprint density at radius 3 is 2.55 bits per heavy atom. The Balaban J connectivity index is 1.58. The van der Waals surface area contributed by atoms with Gasteiger partial charge in [0.25, 0.3) is 0 Å². The van der Waals surface area contributed by atoms with Crippen molar-refractivity contribution in [2.45, 2.75) is 38.9 Å². The maximum atomic E-state index is 5.74. The number of morpholine rings is 1. The molecular formula is C14H23ClN4O. The fourth-order valence-electron chi connectivity index (χ4n) is 2.53. The van der Waals surface area contributed by atoms with Crippen molar-refractivity contribution in [3.05, 3.63) is 17.4 Å². The predicted molar refractivity (Wildman–Crippen MR) is 81.2 cm³/mol. The minimum Gasteiger partial charge on any atom is -0.373 e. The van der Waals surface area contributed by atoms with Crippen LogP contribution in [0.4, 0.5) is 5.95 Å². The van der Waals surface area contributed by atoms with Gasteiger partial charge in [-0.2, -0.15) is 0 Å². The molecule has 1 aliphatic rings. The van der Waals surface area contributed by atoms with Gasteiger partial charge in [-0.25, -0.2) is 9.97 Å². The molecule has 1 saturated heterocycles. The molecule has 6 heteroatoms. The van der Waals surface area contributed by atoms with Gasteiger partial charge < -0.3 is 10.1 Å². The van der Waals surface area contributed by atoms with Crippen molar-refractivity contribution >= 4 is 17.5 Å². The van der Waals surface area contributed by atoms with Gasteiger partial charge >= 0.3 is 0 Å². The number of nitrogens with one attached hydrogen (secondary N) is 1. The molecule has 2 heterocycles. The van der Waals surface area contributed by atoms with Gasteiger partial charge in [-0.3, -0.25) is 4.90 Å². The smallest absolute Gasteiger partial charge is 0.222 e. The first-order chi connectivity index (χ1) is 9.63. The van der Waals surface area contributed by atoms with Crippen molar-refractivity contribution in [2.24, 2.45) is 0 Å². The van der Waals surface area contributed by atoms with Crippen LogP contribution in [0.25, 0.3) is 0 Å². The van der Waals surface area contributed by atoms with E-state index in [1.54, 1.807) is 12.4 Å². The highest BCUT2D eigenvalue weighted by atomic mass is 35.5. The van der Waals surface area contributed by atoms with Gasteiger partial charge in [0.1, 0.15) is 0 Å². The lowest BCUT2D eigenvalue weighted by atomic mass is 10.2. The van der Waals surface area contributed by atoms with Crippen LogP contribution in [-0.2, 0) is 4.74 Å². The van der Waals surface area contributed by atoms with E-state index in [0.717, 1.165) is 32.6 Å². The fraction of sp³-hybridized carbons (Fsp3) is 0.714. The molecule has 1 fully saturated rings. The van der Waals surface area contributed by atoms with Gasteiger partial charge in [0, 0.05) is 19.6 Å². The second-order valence-corrected chi connectivity index (χ2v) is 5.81. The summed E-state index contributed by atoms with van der Waals surface area (Å²) in [6.45, 7) is 8.37. The number of hydrogen-bond acceptors (Lipinski definition) is 5. The summed E-state index contributed by atoms with van der Waals surface area (Å²) >= 11 is 5.74. The molecule has 0 spiro atoms. The first kappa shape index (κ1) is 15.5. The molecule has 112 valence electrons. The van der Waals surface area contributed by atoms with Crippen LogP contribution < -0.4 is 5.32 Å². The van der Waals surface area contributed by atoms with Crippen LogP contribution in [0, 0.1) is 0 Å². The Morgan fingerprint density at radius 2 is 1.90 bits per heavy atom. The summed E-state index contributed by atoms with van der Waals surface area (Å²) in [5, 5.41) is 3.76. The monoisotopic (exact) mass is 298 g/mol. The predicted octanol–water partition coefficient (Wildman–Crippen LogP) is 2.43. The van der Waals surface area contributed by atoms with E-state index in [0.29, 0.717) is 23.2 Å². The summed E-state index contributed by atoms with van der Waals surface area (Å²) in [5.41, 5.74) is 0. The van der Waals surface area contributed by atoms with E-state index in [2.05, 4.69) is 34.0 Å². The van der Waals surface area contributed by atoms with Gasteiger partial charge in [-0.05, 0) is 33.2 Å². The van der Waals surface area contributed by atoms with Crippen molar-refractivity contribution < 1.29 is 4.74 Å². The number of aromatic nitrogens is 2. The lowest BCUT2D eigenvalue weighted by Gasteiger charge is -2.35. The maximum Gasteiger partial charge on any atom is 0.222 e. The van der Waals surface area contributed by atoms with Crippen molar-refractivity contribution in [3.8, 4) is 0 Å². The van der Waals surface area contributed by atoms with E-state index in [1.165, 1.54) is 6.42 Å². The van der Waals surface area contributed by atoms with Crippen LogP contribution in [0.2, 0.25) is 5.02 Å². The van der Waals surface area contributed by atoms with Crippen LogP contribution in [0.1, 0.15) is 26.7 Å². The van der Waals surface area contributed by atoms with Crippen molar-refractivity contribution in [3.63, 3.8) is 0 Å². The molecule has 0 bridgehead atoms. The number of hydrogen-bond donors (Lipinski definition) is 1. The second-order valence-electron chi connectivity index (χ2n) is 5.38. The summed E-state index contributed by atoms with van der Waals surface area (Å²) in [6.07, 6.45) is 6.17. The molecule has 1 aromatic rings. The molecular weight excluding hydrogens is 276 g/mol. The van der Waals surface area contributed by atoms with Crippen LogP contribution in [0.15, 0.2) is 12.4 Å². The zero-order chi connectivity index (χ0) is 14.4. The highest BCUT2D eigenvalue weighted by Crippen LogP contribution is 2.11. The standard InChI is InChI=1S/C14H23ClN4O/c1-11-9-19(10-12(2)20-11)6-4-3-5-16-14-17-7-13(15)8-18-14/h7-8,11-12H,3-6,9-10H2,1-2H3,(H,16,17,18)/t11-,12-/m1/s1. The summed E-state index contributed by atoms with van der Waals surface area (Å²) in [5.74, 6) is 0.642.